The van der Waals surface area contributed by atoms with Crippen LogP contribution >= 0.6 is 12.4 Å². The van der Waals surface area contributed by atoms with E-state index >= 15 is 0 Å². The van der Waals surface area contributed by atoms with Crippen molar-refractivity contribution in [3.8, 4) is 0 Å². The summed E-state index contributed by atoms with van der Waals surface area (Å²) in [7, 11) is 1.82. The number of hydrogen-bond donors (Lipinski definition) is 1. The number of ether oxygens (including phenoxy) is 1. The molecular weight excluding hydrogens is 254 g/mol. The molecule has 2 aliphatic rings. The molecule has 6 heteroatoms. The maximum absolute atomic E-state index is 11.9. The molecule has 1 N–H and O–H groups in total. The van der Waals surface area contributed by atoms with Crippen LogP contribution < -0.4 is 5.32 Å². The third kappa shape index (κ3) is 4.09. The number of likely N-dealkylation sites (tertiary alicyclic amines) is 1. The second-order valence-electron chi connectivity index (χ2n) is 4.83. The molecule has 0 spiro atoms. The highest BCUT2D eigenvalue weighted by atomic mass is 35.5. The first-order chi connectivity index (χ1) is 8.31. The number of morpholine rings is 1. The van der Waals surface area contributed by atoms with E-state index in [9.17, 15) is 4.79 Å². The van der Waals surface area contributed by atoms with Crippen LogP contribution in [-0.4, -0.2) is 74.7 Å². The molecule has 0 aromatic carbocycles. The summed E-state index contributed by atoms with van der Waals surface area (Å²) in [5.74, 6) is 0.239. The zero-order chi connectivity index (χ0) is 12.1. The molecule has 106 valence electrons. The number of likely N-dealkylation sites (N-methyl/N-ethyl adjacent to an activating group) is 1. The number of nitrogens with one attached hydrogen (secondary N) is 1. The first-order valence-corrected chi connectivity index (χ1v) is 6.55. The summed E-state index contributed by atoms with van der Waals surface area (Å²) in [4.78, 5) is 16.4. The van der Waals surface area contributed by atoms with Crippen LogP contribution in [0, 0.1) is 0 Å². The second-order valence-corrected chi connectivity index (χ2v) is 4.83. The molecule has 0 aromatic rings. The quantitative estimate of drug-likeness (QED) is 0.783. The van der Waals surface area contributed by atoms with E-state index in [2.05, 4.69) is 10.2 Å². The normalized spacial score (nSPS) is 24.9. The highest BCUT2D eigenvalue weighted by Crippen LogP contribution is 2.18. The maximum Gasteiger partial charge on any atom is 0.236 e. The molecule has 0 saturated carbocycles. The van der Waals surface area contributed by atoms with Crippen LogP contribution in [0.4, 0.5) is 0 Å². The Morgan fingerprint density at radius 3 is 2.72 bits per heavy atom. The minimum atomic E-state index is 0. The molecule has 0 aromatic heterocycles. The Balaban J connectivity index is 0.00000162. The third-order valence-corrected chi connectivity index (χ3v) is 3.60. The van der Waals surface area contributed by atoms with Crippen LogP contribution in [0.15, 0.2) is 0 Å². The van der Waals surface area contributed by atoms with E-state index in [0.29, 0.717) is 12.6 Å². The summed E-state index contributed by atoms with van der Waals surface area (Å²) >= 11 is 0. The van der Waals surface area contributed by atoms with Crippen LogP contribution in [0.2, 0.25) is 0 Å². The number of rotatable bonds is 4. The van der Waals surface area contributed by atoms with E-state index in [-0.39, 0.29) is 18.3 Å². The Bertz CT molecular complexity index is 260. The van der Waals surface area contributed by atoms with E-state index in [1.54, 1.807) is 0 Å². The fraction of sp³-hybridized carbons (Fsp3) is 0.917. The molecule has 0 bridgehead atoms. The maximum atomic E-state index is 11.9. The highest BCUT2D eigenvalue weighted by molar-refractivity contribution is 5.85. The van der Waals surface area contributed by atoms with Crippen LogP contribution in [0.1, 0.15) is 12.8 Å². The topological polar surface area (TPSA) is 44.8 Å². The average molecular weight is 278 g/mol. The number of halogens is 1. The van der Waals surface area contributed by atoms with Crippen molar-refractivity contribution >= 4 is 18.3 Å². The van der Waals surface area contributed by atoms with E-state index in [4.69, 9.17) is 4.74 Å². The van der Waals surface area contributed by atoms with Gasteiger partial charge in [-0.05, 0) is 19.9 Å². The van der Waals surface area contributed by atoms with E-state index in [1.165, 1.54) is 0 Å². The summed E-state index contributed by atoms with van der Waals surface area (Å²) in [6.45, 7) is 6.07. The Hall–Kier alpha value is -0.360. The molecule has 2 saturated heterocycles. The van der Waals surface area contributed by atoms with E-state index in [0.717, 1.165) is 52.2 Å². The predicted molar refractivity (Wildman–Crippen MR) is 73.2 cm³/mol. The molecule has 0 radical (unpaired) electrons. The summed E-state index contributed by atoms with van der Waals surface area (Å²) in [5, 5.41) is 2.94. The van der Waals surface area contributed by atoms with Crippen molar-refractivity contribution in [2.45, 2.75) is 18.9 Å². The largest absolute Gasteiger partial charge is 0.379 e. The van der Waals surface area contributed by atoms with Gasteiger partial charge in [0, 0.05) is 32.2 Å². The van der Waals surface area contributed by atoms with Crippen molar-refractivity contribution in [3.05, 3.63) is 0 Å². The van der Waals surface area contributed by atoms with Crippen molar-refractivity contribution in [3.63, 3.8) is 0 Å². The standard InChI is InChI=1S/C12H23N3O2.ClH/c1-13-9-12(16)15-4-2-3-11(15)10-14-5-7-17-8-6-14;/h11,13H,2-10H2,1H3;1H. The van der Waals surface area contributed by atoms with Gasteiger partial charge in [0.25, 0.3) is 0 Å². The van der Waals surface area contributed by atoms with Crippen LogP contribution in [0.25, 0.3) is 0 Å². The van der Waals surface area contributed by atoms with Gasteiger partial charge < -0.3 is 15.0 Å². The van der Waals surface area contributed by atoms with Crippen LogP contribution in [0.5, 0.6) is 0 Å². The smallest absolute Gasteiger partial charge is 0.236 e. The lowest BCUT2D eigenvalue weighted by Crippen LogP contribution is -2.48. The third-order valence-electron chi connectivity index (χ3n) is 3.60. The van der Waals surface area contributed by atoms with Crippen molar-refractivity contribution in [1.82, 2.24) is 15.1 Å². The van der Waals surface area contributed by atoms with Gasteiger partial charge in [-0.2, -0.15) is 0 Å². The van der Waals surface area contributed by atoms with Crippen LogP contribution in [0.3, 0.4) is 0 Å². The van der Waals surface area contributed by atoms with E-state index in [1.807, 2.05) is 11.9 Å². The molecule has 1 atom stereocenters. The molecule has 18 heavy (non-hydrogen) atoms. The molecule has 2 aliphatic heterocycles. The summed E-state index contributed by atoms with van der Waals surface area (Å²) in [5.41, 5.74) is 0. The number of nitrogens with zero attached hydrogens (tertiary/aromatic N) is 2. The summed E-state index contributed by atoms with van der Waals surface area (Å²) < 4.78 is 5.34. The summed E-state index contributed by atoms with van der Waals surface area (Å²) in [6, 6.07) is 0.411. The number of carbonyl (C=O) groups excluding carboxylic acids is 1. The number of carbonyl (C=O) groups is 1. The van der Waals surface area contributed by atoms with Crippen molar-refractivity contribution in [1.29, 1.82) is 0 Å². The zero-order valence-electron chi connectivity index (χ0n) is 11.1. The van der Waals surface area contributed by atoms with Crippen molar-refractivity contribution < 1.29 is 9.53 Å². The van der Waals surface area contributed by atoms with Crippen molar-refractivity contribution in [2.24, 2.45) is 0 Å². The lowest BCUT2D eigenvalue weighted by atomic mass is 10.2. The van der Waals surface area contributed by atoms with Gasteiger partial charge in [0.15, 0.2) is 0 Å². The van der Waals surface area contributed by atoms with Crippen LogP contribution in [-0.2, 0) is 9.53 Å². The molecule has 2 fully saturated rings. The predicted octanol–water partition coefficient (Wildman–Crippen LogP) is -0.0492. The number of hydrogen-bond acceptors (Lipinski definition) is 4. The van der Waals surface area contributed by atoms with E-state index < -0.39 is 0 Å². The molecule has 0 aliphatic carbocycles. The molecule has 1 unspecified atom stereocenters. The number of amides is 1. The fourth-order valence-corrected chi connectivity index (χ4v) is 2.69. The molecule has 5 nitrogen and oxygen atoms in total. The Kier molecular flexibility index (Phi) is 6.92. The molecule has 2 heterocycles. The van der Waals surface area contributed by atoms with Gasteiger partial charge in [-0.1, -0.05) is 0 Å². The second kappa shape index (κ2) is 7.94. The molecule has 1 amide bonds. The average Bonchev–Trinajstić information content (AvgIpc) is 2.79. The fourth-order valence-electron chi connectivity index (χ4n) is 2.69. The monoisotopic (exact) mass is 277 g/mol. The Morgan fingerprint density at radius 1 is 1.33 bits per heavy atom. The first-order valence-electron chi connectivity index (χ1n) is 6.55. The van der Waals surface area contributed by atoms with Gasteiger partial charge in [-0.3, -0.25) is 9.69 Å². The molecule has 2 rings (SSSR count). The minimum Gasteiger partial charge on any atom is -0.379 e. The minimum absolute atomic E-state index is 0. The van der Waals surface area contributed by atoms with Gasteiger partial charge in [0.2, 0.25) is 5.91 Å². The van der Waals surface area contributed by atoms with Crippen molar-refractivity contribution in [2.75, 3.05) is 53.0 Å². The molecular formula is C12H24ClN3O2. The van der Waals surface area contributed by atoms with Gasteiger partial charge in [0.05, 0.1) is 19.8 Å². The van der Waals surface area contributed by atoms with Gasteiger partial charge in [0.1, 0.15) is 0 Å². The van der Waals surface area contributed by atoms with Gasteiger partial charge in [-0.15, -0.1) is 12.4 Å². The lowest BCUT2D eigenvalue weighted by Gasteiger charge is -2.32. The summed E-state index contributed by atoms with van der Waals surface area (Å²) in [6.07, 6.45) is 2.29. The highest BCUT2D eigenvalue weighted by Gasteiger charge is 2.29. The lowest BCUT2D eigenvalue weighted by molar-refractivity contribution is -0.131. The Morgan fingerprint density at radius 2 is 2.06 bits per heavy atom. The first kappa shape index (κ1) is 15.7. The van der Waals surface area contributed by atoms with Gasteiger partial charge >= 0.3 is 0 Å². The Labute approximate surface area is 115 Å². The zero-order valence-corrected chi connectivity index (χ0v) is 11.9. The SMILES string of the molecule is CNCC(=O)N1CCCC1CN1CCOCC1.Cl. The van der Waals surface area contributed by atoms with Gasteiger partial charge in [-0.25, -0.2) is 0 Å².